The van der Waals surface area contributed by atoms with Crippen LogP contribution in [0, 0.1) is 6.92 Å². The summed E-state index contributed by atoms with van der Waals surface area (Å²) in [5.74, 6) is 0.833. The molecule has 0 spiro atoms. The Bertz CT molecular complexity index is 698. The summed E-state index contributed by atoms with van der Waals surface area (Å²) in [5.41, 5.74) is 1.70. The molecule has 6 nitrogen and oxygen atoms in total. The van der Waals surface area contributed by atoms with Gasteiger partial charge < -0.3 is 15.4 Å². The van der Waals surface area contributed by atoms with Crippen LogP contribution < -0.4 is 15.4 Å². The topological polar surface area (TPSA) is 76.1 Å². The van der Waals surface area contributed by atoms with Gasteiger partial charge in [-0.1, -0.05) is 12.1 Å². The van der Waals surface area contributed by atoms with Crippen LogP contribution in [0.15, 0.2) is 30.3 Å². The fraction of sp³-hybridized carbons (Fsp3) is 0.312. The molecule has 0 bridgehead atoms. The summed E-state index contributed by atoms with van der Waals surface area (Å²) in [7, 11) is 1.57. The van der Waals surface area contributed by atoms with Crippen LogP contribution in [0.4, 0.5) is 11.6 Å². The lowest BCUT2D eigenvalue weighted by Gasteiger charge is -2.10. The lowest BCUT2D eigenvalue weighted by Crippen LogP contribution is -2.17. The summed E-state index contributed by atoms with van der Waals surface area (Å²) in [4.78, 5) is 21.0. The number of amides is 1. The second kappa shape index (κ2) is 6.01. The van der Waals surface area contributed by atoms with Crippen molar-refractivity contribution in [3.63, 3.8) is 0 Å². The van der Waals surface area contributed by atoms with Gasteiger partial charge in [0.05, 0.1) is 12.8 Å². The maximum atomic E-state index is 12.4. The zero-order valence-electron chi connectivity index (χ0n) is 12.6. The smallest absolute Gasteiger partial charge is 0.274 e. The molecule has 0 saturated heterocycles. The monoisotopic (exact) mass is 298 g/mol. The number of nitrogens with zero attached hydrogens (tertiary/aromatic N) is 2. The Balaban J connectivity index is 1.80. The van der Waals surface area contributed by atoms with Crippen LogP contribution in [0.25, 0.3) is 0 Å². The summed E-state index contributed by atoms with van der Waals surface area (Å²) in [6, 6.07) is 9.37. The van der Waals surface area contributed by atoms with Gasteiger partial charge in [-0.05, 0) is 38.0 Å². The standard InChI is InChI=1S/C16H18N4O2/c1-10-9-13(20-16(17-10)18-11-7-8-11)15(21)19-12-5-3-4-6-14(12)22-2/h3-6,9,11H,7-8H2,1-2H3,(H,19,21)(H,17,18,20). The van der Waals surface area contributed by atoms with Crippen LogP contribution in [0.1, 0.15) is 29.0 Å². The summed E-state index contributed by atoms with van der Waals surface area (Å²) < 4.78 is 5.23. The van der Waals surface area contributed by atoms with E-state index in [2.05, 4.69) is 20.6 Å². The molecule has 1 fully saturated rings. The Morgan fingerprint density at radius 1 is 1.27 bits per heavy atom. The van der Waals surface area contributed by atoms with Gasteiger partial charge in [-0.25, -0.2) is 9.97 Å². The van der Waals surface area contributed by atoms with Crippen molar-refractivity contribution in [2.45, 2.75) is 25.8 Å². The molecule has 0 atom stereocenters. The third-order valence-corrected chi connectivity index (χ3v) is 3.35. The number of anilines is 2. The molecule has 22 heavy (non-hydrogen) atoms. The molecule has 0 aliphatic heterocycles. The number of carbonyl (C=O) groups excluding carboxylic acids is 1. The zero-order chi connectivity index (χ0) is 15.5. The van der Waals surface area contributed by atoms with Gasteiger partial charge in [-0.15, -0.1) is 0 Å². The first-order valence-electron chi connectivity index (χ1n) is 7.22. The number of carbonyl (C=O) groups is 1. The van der Waals surface area contributed by atoms with E-state index in [9.17, 15) is 4.79 Å². The van der Waals surface area contributed by atoms with Crippen molar-refractivity contribution in [2.24, 2.45) is 0 Å². The average Bonchev–Trinajstić information content (AvgIpc) is 3.31. The Hall–Kier alpha value is -2.63. The second-order valence-electron chi connectivity index (χ2n) is 5.29. The lowest BCUT2D eigenvalue weighted by atomic mass is 10.2. The molecule has 1 aliphatic rings. The van der Waals surface area contributed by atoms with Crippen molar-refractivity contribution in [3.05, 3.63) is 41.7 Å². The minimum atomic E-state index is -0.283. The van der Waals surface area contributed by atoms with Gasteiger partial charge in [0, 0.05) is 11.7 Å². The van der Waals surface area contributed by atoms with Crippen molar-refractivity contribution in [2.75, 3.05) is 17.7 Å². The number of benzene rings is 1. The fourth-order valence-corrected chi connectivity index (χ4v) is 2.09. The van der Waals surface area contributed by atoms with E-state index >= 15 is 0 Å². The van der Waals surface area contributed by atoms with Gasteiger partial charge in [-0.2, -0.15) is 0 Å². The van der Waals surface area contributed by atoms with E-state index in [1.807, 2.05) is 19.1 Å². The van der Waals surface area contributed by atoms with Crippen molar-refractivity contribution >= 4 is 17.5 Å². The Morgan fingerprint density at radius 2 is 2.05 bits per heavy atom. The molecule has 2 aromatic rings. The molecule has 1 heterocycles. The number of ether oxygens (including phenoxy) is 1. The first kappa shape index (κ1) is 14.3. The Kier molecular flexibility index (Phi) is 3.91. The number of rotatable bonds is 5. The predicted molar refractivity (Wildman–Crippen MR) is 84.4 cm³/mol. The van der Waals surface area contributed by atoms with E-state index in [4.69, 9.17) is 4.74 Å². The fourth-order valence-electron chi connectivity index (χ4n) is 2.09. The van der Waals surface area contributed by atoms with Gasteiger partial charge in [0.25, 0.3) is 5.91 Å². The minimum Gasteiger partial charge on any atom is -0.495 e. The highest BCUT2D eigenvalue weighted by molar-refractivity contribution is 6.03. The van der Waals surface area contributed by atoms with E-state index in [1.54, 1.807) is 25.3 Å². The van der Waals surface area contributed by atoms with E-state index in [0.717, 1.165) is 18.5 Å². The molecule has 0 radical (unpaired) electrons. The predicted octanol–water partition coefficient (Wildman–Crippen LogP) is 2.62. The highest BCUT2D eigenvalue weighted by Crippen LogP contribution is 2.25. The zero-order valence-corrected chi connectivity index (χ0v) is 12.6. The molecular weight excluding hydrogens is 280 g/mol. The molecule has 114 valence electrons. The largest absolute Gasteiger partial charge is 0.495 e. The molecule has 2 N–H and O–H groups in total. The summed E-state index contributed by atoms with van der Waals surface area (Å²) in [6.07, 6.45) is 2.25. The molecule has 3 rings (SSSR count). The normalized spacial score (nSPS) is 13.5. The second-order valence-corrected chi connectivity index (χ2v) is 5.29. The van der Waals surface area contributed by atoms with Gasteiger partial charge >= 0.3 is 0 Å². The quantitative estimate of drug-likeness (QED) is 0.887. The van der Waals surface area contributed by atoms with Crippen LogP contribution >= 0.6 is 0 Å². The van der Waals surface area contributed by atoms with Crippen LogP contribution in [-0.2, 0) is 0 Å². The third-order valence-electron chi connectivity index (χ3n) is 3.35. The van der Waals surface area contributed by atoms with Crippen molar-refractivity contribution in [1.29, 1.82) is 0 Å². The van der Waals surface area contributed by atoms with Gasteiger partial charge in [-0.3, -0.25) is 4.79 Å². The summed E-state index contributed by atoms with van der Waals surface area (Å²) in [6.45, 7) is 1.85. The number of methoxy groups -OCH3 is 1. The third kappa shape index (κ3) is 3.33. The molecule has 1 saturated carbocycles. The van der Waals surface area contributed by atoms with Crippen LogP contribution in [0.5, 0.6) is 5.75 Å². The van der Waals surface area contributed by atoms with Crippen LogP contribution in [0.2, 0.25) is 0 Å². The minimum absolute atomic E-state index is 0.283. The molecule has 1 aromatic carbocycles. The number of hydrogen-bond donors (Lipinski definition) is 2. The highest BCUT2D eigenvalue weighted by Gasteiger charge is 2.22. The van der Waals surface area contributed by atoms with E-state index < -0.39 is 0 Å². The average molecular weight is 298 g/mol. The number of nitrogens with one attached hydrogen (secondary N) is 2. The van der Waals surface area contributed by atoms with E-state index in [0.29, 0.717) is 29.1 Å². The molecule has 1 aromatic heterocycles. The number of aromatic nitrogens is 2. The first-order chi connectivity index (χ1) is 10.7. The lowest BCUT2D eigenvalue weighted by molar-refractivity contribution is 0.102. The summed E-state index contributed by atoms with van der Waals surface area (Å²) >= 11 is 0. The Labute approximate surface area is 128 Å². The number of para-hydroxylation sites is 2. The SMILES string of the molecule is COc1ccccc1NC(=O)c1cc(C)nc(NC2CC2)n1. The molecule has 1 aliphatic carbocycles. The van der Waals surface area contributed by atoms with Crippen LogP contribution in [-0.4, -0.2) is 29.0 Å². The highest BCUT2D eigenvalue weighted by atomic mass is 16.5. The first-order valence-corrected chi connectivity index (χ1v) is 7.22. The van der Waals surface area contributed by atoms with Crippen LogP contribution in [0.3, 0.4) is 0 Å². The van der Waals surface area contributed by atoms with Crippen molar-refractivity contribution < 1.29 is 9.53 Å². The van der Waals surface area contributed by atoms with Gasteiger partial charge in [0.1, 0.15) is 11.4 Å². The van der Waals surface area contributed by atoms with E-state index in [-0.39, 0.29) is 5.91 Å². The molecular formula is C16H18N4O2. The van der Waals surface area contributed by atoms with Crippen molar-refractivity contribution in [3.8, 4) is 5.75 Å². The number of aryl methyl sites for hydroxylation is 1. The van der Waals surface area contributed by atoms with Gasteiger partial charge in [0.2, 0.25) is 5.95 Å². The Morgan fingerprint density at radius 3 is 2.77 bits per heavy atom. The number of hydrogen-bond acceptors (Lipinski definition) is 5. The molecule has 6 heteroatoms. The maximum absolute atomic E-state index is 12.4. The van der Waals surface area contributed by atoms with E-state index in [1.165, 1.54) is 0 Å². The summed E-state index contributed by atoms with van der Waals surface area (Å²) in [5, 5.41) is 6.03. The van der Waals surface area contributed by atoms with Gasteiger partial charge in [0.15, 0.2) is 0 Å². The van der Waals surface area contributed by atoms with Crippen molar-refractivity contribution in [1.82, 2.24) is 9.97 Å². The molecule has 1 amide bonds. The maximum Gasteiger partial charge on any atom is 0.274 e. The molecule has 0 unspecified atom stereocenters.